The van der Waals surface area contributed by atoms with Crippen LogP contribution in [0.15, 0.2) is 18.2 Å². The molecular weight excluding hydrogens is 234 g/mol. The van der Waals surface area contributed by atoms with Crippen LogP contribution in [0.2, 0.25) is 0 Å². The van der Waals surface area contributed by atoms with Crippen molar-refractivity contribution in [3.8, 4) is 0 Å². The van der Waals surface area contributed by atoms with E-state index >= 15 is 0 Å². The fraction of sp³-hybridized carbons (Fsp3) is 0.571. The van der Waals surface area contributed by atoms with E-state index in [0.717, 1.165) is 32.0 Å². The quantitative estimate of drug-likeness (QED) is 0.870. The van der Waals surface area contributed by atoms with Gasteiger partial charge in [0, 0.05) is 18.6 Å². The molecule has 2 saturated heterocycles. The SMILES string of the molecule is Fc1ccc(F)c(NC2CCN3CCCCC23)c1. The van der Waals surface area contributed by atoms with E-state index in [1.54, 1.807) is 0 Å². The van der Waals surface area contributed by atoms with Crippen LogP contribution >= 0.6 is 0 Å². The Bertz CT molecular complexity index is 436. The average Bonchev–Trinajstić information content (AvgIpc) is 2.78. The zero-order valence-electron chi connectivity index (χ0n) is 10.3. The molecule has 0 aliphatic carbocycles. The number of anilines is 1. The summed E-state index contributed by atoms with van der Waals surface area (Å²) in [5, 5.41) is 3.19. The summed E-state index contributed by atoms with van der Waals surface area (Å²) in [5.74, 6) is -0.761. The zero-order chi connectivity index (χ0) is 12.5. The third kappa shape index (κ3) is 2.21. The van der Waals surface area contributed by atoms with Gasteiger partial charge in [0.2, 0.25) is 0 Å². The van der Waals surface area contributed by atoms with Gasteiger partial charge in [0.25, 0.3) is 0 Å². The Morgan fingerprint density at radius 3 is 2.89 bits per heavy atom. The molecule has 0 amide bonds. The molecule has 0 radical (unpaired) electrons. The van der Waals surface area contributed by atoms with Crippen LogP contribution < -0.4 is 5.32 Å². The first-order valence-corrected chi connectivity index (χ1v) is 6.70. The summed E-state index contributed by atoms with van der Waals surface area (Å²) >= 11 is 0. The van der Waals surface area contributed by atoms with Crippen molar-refractivity contribution in [2.45, 2.75) is 37.8 Å². The molecule has 2 atom stereocenters. The van der Waals surface area contributed by atoms with Gasteiger partial charge < -0.3 is 5.32 Å². The van der Waals surface area contributed by atoms with Crippen molar-refractivity contribution in [1.29, 1.82) is 0 Å². The lowest BCUT2D eigenvalue weighted by Crippen LogP contribution is -2.41. The van der Waals surface area contributed by atoms with E-state index in [0.29, 0.717) is 11.7 Å². The number of hydrogen-bond donors (Lipinski definition) is 1. The van der Waals surface area contributed by atoms with E-state index in [2.05, 4.69) is 10.2 Å². The number of rotatable bonds is 2. The van der Waals surface area contributed by atoms with Gasteiger partial charge in [0.15, 0.2) is 0 Å². The smallest absolute Gasteiger partial charge is 0.146 e. The number of hydrogen-bond acceptors (Lipinski definition) is 2. The van der Waals surface area contributed by atoms with Crippen molar-refractivity contribution in [3.05, 3.63) is 29.8 Å². The largest absolute Gasteiger partial charge is 0.378 e. The van der Waals surface area contributed by atoms with Crippen LogP contribution in [0.3, 0.4) is 0 Å². The van der Waals surface area contributed by atoms with Crippen LogP contribution in [-0.4, -0.2) is 30.1 Å². The summed E-state index contributed by atoms with van der Waals surface area (Å²) in [5.41, 5.74) is 0.299. The van der Waals surface area contributed by atoms with Gasteiger partial charge in [0.05, 0.1) is 5.69 Å². The molecule has 1 aromatic rings. The first-order valence-electron chi connectivity index (χ1n) is 6.70. The number of nitrogens with zero attached hydrogens (tertiary/aromatic N) is 1. The maximum absolute atomic E-state index is 13.6. The number of halogens is 2. The van der Waals surface area contributed by atoms with Gasteiger partial charge in [-0.05, 0) is 44.0 Å². The number of fused-ring (bicyclic) bond motifs is 1. The fourth-order valence-corrected chi connectivity index (χ4v) is 3.22. The van der Waals surface area contributed by atoms with Crippen molar-refractivity contribution in [2.24, 2.45) is 0 Å². The summed E-state index contributed by atoms with van der Waals surface area (Å²) in [6, 6.07) is 4.33. The third-order valence-electron chi connectivity index (χ3n) is 4.13. The molecule has 0 spiro atoms. The van der Waals surface area contributed by atoms with E-state index in [1.807, 2.05) is 0 Å². The first-order chi connectivity index (χ1) is 8.74. The van der Waals surface area contributed by atoms with Gasteiger partial charge in [-0.1, -0.05) is 6.42 Å². The van der Waals surface area contributed by atoms with Crippen molar-refractivity contribution in [1.82, 2.24) is 4.90 Å². The lowest BCUT2D eigenvalue weighted by atomic mass is 9.99. The molecule has 3 rings (SSSR count). The minimum atomic E-state index is -0.391. The number of nitrogens with one attached hydrogen (secondary N) is 1. The molecule has 1 N–H and O–H groups in total. The molecule has 98 valence electrons. The van der Waals surface area contributed by atoms with Gasteiger partial charge >= 0.3 is 0 Å². The Morgan fingerprint density at radius 2 is 2.00 bits per heavy atom. The lowest BCUT2D eigenvalue weighted by molar-refractivity contribution is 0.192. The molecule has 2 aliphatic rings. The van der Waals surface area contributed by atoms with Crippen LogP contribution in [0.5, 0.6) is 0 Å². The highest BCUT2D eigenvalue weighted by Gasteiger charge is 2.35. The molecule has 0 aromatic heterocycles. The second-order valence-electron chi connectivity index (χ2n) is 5.26. The van der Waals surface area contributed by atoms with Gasteiger partial charge in [-0.3, -0.25) is 4.90 Å². The second-order valence-corrected chi connectivity index (χ2v) is 5.26. The highest BCUT2D eigenvalue weighted by molar-refractivity contribution is 5.46. The zero-order valence-corrected chi connectivity index (χ0v) is 10.3. The molecule has 2 unspecified atom stereocenters. The van der Waals surface area contributed by atoms with E-state index in [9.17, 15) is 8.78 Å². The van der Waals surface area contributed by atoms with Crippen molar-refractivity contribution >= 4 is 5.69 Å². The minimum absolute atomic E-state index is 0.251. The van der Waals surface area contributed by atoms with Crippen LogP contribution in [0, 0.1) is 11.6 Å². The second kappa shape index (κ2) is 4.84. The molecule has 2 nitrogen and oxygen atoms in total. The van der Waals surface area contributed by atoms with Crippen molar-refractivity contribution in [3.63, 3.8) is 0 Å². The summed E-state index contributed by atoms with van der Waals surface area (Å²) in [6.07, 6.45) is 4.68. The monoisotopic (exact) mass is 252 g/mol. The lowest BCUT2D eigenvalue weighted by Gasteiger charge is -2.33. The van der Waals surface area contributed by atoms with Crippen LogP contribution in [0.25, 0.3) is 0 Å². The maximum atomic E-state index is 13.6. The normalized spacial score (nSPS) is 28.1. The van der Waals surface area contributed by atoms with Gasteiger partial charge in [-0.25, -0.2) is 8.78 Å². The van der Waals surface area contributed by atoms with Crippen LogP contribution in [0.1, 0.15) is 25.7 Å². The maximum Gasteiger partial charge on any atom is 0.146 e. The summed E-state index contributed by atoms with van der Waals surface area (Å²) in [6.45, 7) is 2.22. The summed E-state index contributed by atoms with van der Waals surface area (Å²) in [4.78, 5) is 2.47. The predicted octanol–water partition coefficient (Wildman–Crippen LogP) is 3.00. The molecule has 18 heavy (non-hydrogen) atoms. The van der Waals surface area contributed by atoms with Crippen LogP contribution in [-0.2, 0) is 0 Å². The van der Waals surface area contributed by atoms with E-state index in [1.165, 1.54) is 25.0 Å². The van der Waals surface area contributed by atoms with E-state index in [4.69, 9.17) is 0 Å². The Hall–Kier alpha value is -1.16. The number of piperidine rings is 1. The predicted molar refractivity (Wildman–Crippen MR) is 67.6 cm³/mol. The Morgan fingerprint density at radius 1 is 1.11 bits per heavy atom. The standard InChI is InChI=1S/C14H18F2N2/c15-10-4-5-11(16)13(9-10)17-12-6-8-18-7-2-1-3-14(12)18/h4-5,9,12,14,17H,1-3,6-8H2. The summed E-state index contributed by atoms with van der Waals surface area (Å²) < 4.78 is 26.7. The third-order valence-corrected chi connectivity index (χ3v) is 4.13. The minimum Gasteiger partial charge on any atom is -0.378 e. The molecule has 0 bridgehead atoms. The molecule has 2 heterocycles. The van der Waals surface area contributed by atoms with Gasteiger partial charge in [-0.2, -0.15) is 0 Å². The Kier molecular flexibility index (Phi) is 3.20. The Labute approximate surface area is 106 Å². The van der Waals surface area contributed by atoms with E-state index in [-0.39, 0.29) is 11.9 Å². The Balaban J connectivity index is 1.74. The summed E-state index contributed by atoms with van der Waals surface area (Å²) in [7, 11) is 0. The van der Waals surface area contributed by atoms with Crippen molar-refractivity contribution in [2.75, 3.05) is 18.4 Å². The molecular formula is C14H18F2N2. The number of benzene rings is 1. The molecule has 2 fully saturated rings. The average molecular weight is 252 g/mol. The molecule has 1 aromatic carbocycles. The highest BCUT2D eigenvalue weighted by Crippen LogP contribution is 2.30. The van der Waals surface area contributed by atoms with Crippen molar-refractivity contribution < 1.29 is 8.78 Å². The fourth-order valence-electron chi connectivity index (χ4n) is 3.22. The van der Waals surface area contributed by atoms with Gasteiger partial charge in [-0.15, -0.1) is 0 Å². The van der Waals surface area contributed by atoms with E-state index < -0.39 is 5.82 Å². The molecule has 0 saturated carbocycles. The van der Waals surface area contributed by atoms with Gasteiger partial charge in [0.1, 0.15) is 11.6 Å². The molecule has 4 heteroatoms. The molecule has 2 aliphatic heterocycles. The highest BCUT2D eigenvalue weighted by atomic mass is 19.1. The van der Waals surface area contributed by atoms with Crippen LogP contribution in [0.4, 0.5) is 14.5 Å². The first kappa shape index (κ1) is 11.9. The topological polar surface area (TPSA) is 15.3 Å².